The van der Waals surface area contributed by atoms with Crippen LogP contribution in [0.3, 0.4) is 0 Å². The SMILES string of the molecule is CN(C)C(=O)Cn1cc(NC(=O)c2cc3c(s2)CCC(C(C)(C)C)C3)cn1. The molecule has 0 saturated heterocycles. The third kappa shape index (κ3) is 4.58. The Hall–Kier alpha value is -2.15. The van der Waals surface area contributed by atoms with E-state index in [1.807, 2.05) is 6.07 Å². The number of carbonyl (C=O) groups excluding carboxylic acids is 2. The largest absolute Gasteiger partial charge is 0.347 e. The Morgan fingerprint density at radius 1 is 1.37 bits per heavy atom. The van der Waals surface area contributed by atoms with Gasteiger partial charge in [0.15, 0.2) is 0 Å². The van der Waals surface area contributed by atoms with Gasteiger partial charge in [0.05, 0.1) is 16.8 Å². The Balaban J connectivity index is 1.65. The molecule has 1 atom stereocenters. The fourth-order valence-corrected chi connectivity index (χ4v) is 4.47. The van der Waals surface area contributed by atoms with Crippen molar-refractivity contribution in [1.29, 1.82) is 0 Å². The van der Waals surface area contributed by atoms with E-state index >= 15 is 0 Å². The molecule has 0 fully saturated rings. The van der Waals surface area contributed by atoms with Crippen LogP contribution >= 0.6 is 11.3 Å². The van der Waals surface area contributed by atoms with Crippen LogP contribution in [0.4, 0.5) is 5.69 Å². The van der Waals surface area contributed by atoms with Crippen LogP contribution in [0.25, 0.3) is 0 Å². The highest BCUT2D eigenvalue weighted by Crippen LogP contribution is 2.40. The normalized spacial score (nSPS) is 16.7. The molecule has 7 heteroatoms. The summed E-state index contributed by atoms with van der Waals surface area (Å²) in [5.41, 5.74) is 2.22. The molecule has 0 bridgehead atoms. The van der Waals surface area contributed by atoms with Crippen molar-refractivity contribution in [2.24, 2.45) is 11.3 Å². The zero-order chi connectivity index (χ0) is 19.8. The van der Waals surface area contributed by atoms with Crippen molar-refractivity contribution in [2.45, 2.75) is 46.6 Å². The maximum atomic E-state index is 12.6. The summed E-state index contributed by atoms with van der Waals surface area (Å²) >= 11 is 1.60. The molecule has 0 aliphatic heterocycles. The molecule has 3 rings (SSSR count). The van der Waals surface area contributed by atoms with Gasteiger partial charge in [0.2, 0.25) is 5.91 Å². The lowest BCUT2D eigenvalue weighted by Crippen LogP contribution is -2.26. The summed E-state index contributed by atoms with van der Waals surface area (Å²) in [6.45, 7) is 7.04. The highest BCUT2D eigenvalue weighted by atomic mass is 32.1. The van der Waals surface area contributed by atoms with Gasteiger partial charge in [-0.1, -0.05) is 20.8 Å². The van der Waals surface area contributed by atoms with Crippen molar-refractivity contribution in [3.63, 3.8) is 0 Å². The topological polar surface area (TPSA) is 67.2 Å². The predicted molar refractivity (Wildman–Crippen MR) is 108 cm³/mol. The summed E-state index contributed by atoms with van der Waals surface area (Å²) in [7, 11) is 3.41. The van der Waals surface area contributed by atoms with E-state index in [1.165, 1.54) is 26.4 Å². The minimum atomic E-state index is -0.111. The van der Waals surface area contributed by atoms with Gasteiger partial charge in [-0.05, 0) is 42.2 Å². The van der Waals surface area contributed by atoms with Crippen molar-refractivity contribution in [1.82, 2.24) is 14.7 Å². The van der Waals surface area contributed by atoms with E-state index in [0.29, 0.717) is 17.0 Å². The highest BCUT2D eigenvalue weighted by molar-refractivity contribution is 7.14. The van der Waals surface area contributed by atoms with E-state index in [0.717, 1.165) is 17.7 Å². The van der Waals surface area contributed by atoms with Crippen molar-refractivity contribution < 1.29 is 9.59 Å². The van der Waals surface area contributed by atoms with E-state index in [-0.39, 0.29) is 18.4 Å². The molecule has 2 aromatic rings. The van der Waals surface area contributed by atoms with Gasteiger partial charge in [-0.25, -0.2) is 0 Å². The molecule has 1 unspecified atom stereocenters. The third-order valence-electron chi connectivity index (χ3n) is 5.22. The number of rotatable bonds is 4. The van der Waals surface area contributed by atoms with Crippen LogP contribution in [0.15, 0.2) is 18.5 Å². The maximum Gasteiger partial charge on any atom is 0.265 e. The van der Waals surface area contributed by atoms with Gasteiger partial charge in [-0.3, -0.25) is 14.3 Å². The zero-order valence-corrected chi connectivity index (χ0v) is 17.5. The van der Waals surface area contributed by atoms with Crippen LogP contribution in [-0.2, 0) is 24.2 Å². The number of carbonyl (C=O) groups is 2. The summed E-state index contributed by atoms with van der Waals surface area (Å²) < 4.78 is 1.53. The van der Waals surface area contributed by atoms with Crippen molar-refractivity contribution in [3.05, 3.63) is 33.8 Å². The average Bonchev–Trinajstić information content (AvgIpc) is 3.19. The second kappa shape index (κ2) is 7.46. The molecule has 0 aromatic carbocycles. The smallest absolute Gasteiger partial charge is 0.265 e. The lowest BCUT2D eigenvalue weighted by atomic mass is 9.72. The van der Waals surface area contributed by atoms with E-state index in [9.17, 15) is 9.59 Å². The molecular weight excluding hydrogens is 360 g/mol. The van der Waals surface area contributed by atoms with Crippen LogP contribution in [0.2, 0.25) is 0 Å². The first-order valence-corrected chi connectivity index (χ1v) is 10.1. The molecule has 1 aliphatic rings. The number of hydrogen-bond acceptors (Lipinski definition) is 4. The predicted octanol–water partition coefficient (Wildman–Crippen LogP) is 3.44. The van der Waals surface area contributed by atoms with Crippen LogP contribution in [0.1, 0.15) is 47.3 Å². The van der Waals surface area contributed by atoms with Crippen LogP contribution in [0.5, 0.6) is 0 Å². The van der Waals surface area contributed by atoms with Crippen molar-refractivity contribution >= 4 is 28.8 Å². The van der Waals surface area contributed by atoms with Gasteiger partial charge in [-0.2, -0.15) is 5.10 Å². The average molecular weight is 389 g/mol. The zero-order valence-electron chi connectivity index (χ0n) is 16.7. The number of nitrogens with zero attached hydrogens (tertiary/aromatic N) is 3. The standard InChI is InChI=1S/C20H28N4O2S/c1-20(2,3)14-6-7-16-13(8-14)9-17(27-16)19(26)22-15-10-21-24(11-15)12-18(25)23(4)5/h9-11,14H,6-8,12H2,1-5H3,(H,22,26). The Morgan fingerprint density at radius 3 is 2.78 bits per heavy atom. The summed E-state index contributed by atoms with van der Waals surface area (Å²) in [5, 5.41) is 7.04. The molecule has 2 heterocycles. The fraction of sp³-hybridized carbons (Fsp3) is 0.550. The third-order valence-corrected chi connectivity index (χ3v) is 6.45. The van der Waals surface area contributed by atoms with Gasteiger partial charge >= 0.3 is 0 Å². The minimum Gasteiger partial charge on any atom is -0.347 e. The quantitative estimate of drug-likeness (QED) is 0.872. The number of thiophene rings is 1. The number of aryl methyl sites for hydroxylation is 1. The Morgan fingerprint density at radius 2 is 2.11 bits per heavy atom. The molecule has 27 heavy (non-hydrogen) atoms. The number of aromatic nitrogens is 2. The first-order valence-electron chi connectivity index (χ1n) is 9.29. The maximum absolute atomic E-state index is 12.6. The number of likely N-dealkylation sites (N-methyl/N-ethyl adjacent to an activating group) is 1. The van der Waals surface area contributed by atoms with Crippen LogP contribution in [0, 0.1) is 11.3 Å². The number of fused-ring (bicyclic) bond motifs is 1. The molecule has 1 N–H and O–H groups in total. The van der Waals surface area contributed by atoms with E-state index in [4.69, 9.17) is 0 Å². The van der Waals surface area contributed by atoms with Gasteiger partial charge in [-0.15, -0.1) is 11.3 Å². The van der Waals surface area contributed by atoms with E-state index < -0.39 is 0 Å². The Labute approximate surface area is 164 Å². The van der Waals surface area contributed by atoms with Gasteiger partial charge in [0.1, 0.15) is 6.54 Å². The summed E-state index contributed by atoms with van der Waals surface area (Å²) in [6.07, 6.45) is 6.55. The lowest BCUT2D eigenvalue weighted by molar-refractivity contribution is -0.129. The van der Waals surface area contributed by atoms with Gasteiger partial charge < -0.3 is 10.2 Å². The summed E-state index contributed by atoms with van der Waals surface area (Å²) in [5.74, 6) is 0.499. The second-order valence-corrected chi connectivity index (χ2v) is 9.67. The summed E-state index contributed by atoms with van der Waals surface area (Å²) in [4.78, 5) is 28.0. The van der Waals surface area contributed by atoms with Gasteiger partial charge in [0.25, 0.3) is 5.91 Å². The van der Waals surface area contributed by atoms with Crippen molar-refractivity contribution in [3.8, 4) is 0 Å². The molecule has 2 amide bonds. The number of amides is 2. The highest BCUT2D eigenvalue weighted by Gasteiger charge is 2.30. The molecule has 6 nitrogen and oxygen atoms in total. The van der Waals surface area contributed by atoms with Crippen molar-refractivity contribution in [2.75, 3.05) is 19.4 Å². The Bertz CT molecular complexity index is 845. The van der Waals surface area contributed by atoms with E-state index in [1.54, 1.807) is 37.8 Å². The molecule has 0 saturated carbocycles. The molecule has 2 aromatic heterocycles. The number of anilines is 1. The molecule has 0 spiro atoms. The first kappa shape index (κ1) is 19.6. The first-order chi connectivity index (χ1) is 12.6. The molecule has 0 radical (unpaired) electrons. The minimum absolute atomic E-state index is 0.0460. The molecule has 1 aliphatic carbocycles. The second-order valence-electron chi connectivity index (χ2n) is 8.53. The van der Waals surface area contributed by atoms with E-state index in [2.05, 4.69) is 31.2 Å². The van der Waals surface area contributed by atoms with Crippen LogP contribution < -0.4 is 5.32 Å². The monoisotopic (exact) mass is 388 g/mol. The molecular formula is C20H28N4O2S. The Kier molecular flexibility index (Phi) is 5.42. The molecule has 146 valence electrons. The van der Waals surface area contributed by atoms with Gasteiger partial charge in [0, 0.05) is 25.2 Å². The fourth-order valence-electron chi connectivity index (χ4n) is 3.36. The lowest BCUT2D eigenvalue weighted by Gasteiger charge is -2.33. The number of hydrogen-bond donors (Lipinski definition) is 1. The number of nitrogens with one attached hydrogen (secondary N) is 1. The van der Waals surface area contributed by atoms with Crippen LogP contribution in [-0.4, -0.2) is 40.6 Å². The summed E-state index contributed by atoms with van der Waals surface area (Å²) in [6, 6.07) is 2.05.